The van der Waals surface area contributed by atoms with Crippen LogP contribution in [-0.2, 0) is 11.3 Å². The molecule has 1 heterocycles. The molecule has 28 heavy (non-hydrogen) atoms. The number of thioether (sulfide) groups is 1. The molecule has 0 bridgehead atoms. The highest BCUT2D eigenvalue weighted by molar-refractivity contribution is 7.99. The van der Waals surface area contributed by atoms with Crippen LogP contribution in [0.3, 0.4) is 0 Å². The van der Waals surface area contributed by atoms with Crippen molar-refractivity contribution in [2.75, 3.05) is 25.3 Å². The van der Waals surface area contributed by atoms with Gasteiger partial charge in [0.25, 0.3) is 0 Å². The number of rotatable bonds is 8. The van der Waals surface area contributed by atoms with Gasteiger partial charge in [-0.15, -0.1) is 10.2 Å². The van der Waals surface area contributed by atoms with Crippen molar-refractivity contribution in [1.29, 1.82) is 0 Å². The van der Waals surface area contributed by atoms with Crippen LogP contribution >= 0.6 is 11.8 Å². The number of amides is 1. The van der Waals surface area contributed by atoms with E-state index in [0.29, 0.717) is 22.3 Å². The number of anilines is 1. The number of hydrogen-bond donors (Lipinski definition) is 1. The molecule has 2 aromatic carbocycles. The van der Waals surface area contributed by atoms with E-state index in [1.165, 1.54) is 11.8 Å². The minimum Gasteiger partial charge on any atom is -0.493 e. The largest absolute Gasteiger partial charge is 0.493 e. The van der Waals surface area contributed by atoms with Crippen molar-refractivity contribution in [3.63, 3.8) is 0 Å². The molecular formula is C20H22N4O3S. The van der Waals surface area contributed by atoms with Crippen molar-refractivity contribution in [3.05, 3.63) is 48.5 Å². The van der Waals surface area contributed by atoms with Crippen molar-refractivity contribution < 1.29 is 14.3 Å². The van der Waals surface area contributed by atoms with E-state index in [0.717, 1.165) is 17.9 Å². The fourth-order valence-corrected chi connectivity index (χ4v) is 3.52. The van der Waals surface area contributed by atoms with Crippen LogP contribution in [0.2, 0.25) is 0 Å². The van der Waals surface area contributed by atoms with E-state index in [9.17, 15) is 4.79 Å². The molecule has 0 atom stereocenters. The fourth-order valence-electron chi connectivity index (χ4n) is 2.72. The molecule has 3 rings (SSSR count). The minimum absolute atomic E-state index is 0.135. The summed E-state index contributed by atoms with van der Waals surface area (Å²) in [7, 11) is 3.13. The highest BCUT2D eigenvalue weighted by Gasteiger charge is 2.15. The molecule has 7 nitrogen and oxygen atoms in total. The number of benzene rings is 2. The van der Waals surface area contributed by atoms with Gasteiger partial charge in [0.05, 0.1) is 20.0 Å². The van der Waals surface area contributed by atoms with Gasteiger partial charge in [-0.2, -0.15) is 0 Å². The molecule has 0 fully saturated rings. The molecule has 0 aliphatic heterocycles. The van der Waals surface area contributed by atoms with Crippen LogP contribution in [0.25, 0.3) is 11.4 Å². The van der Waals surface area contributed by atoms with Crippen LogP contribution in [0.1, 0.15) is 6.92 Å². The second-order valence-corrected chi connectivity index (χ2v) is 6.77. The Hall–Kier alpha value is -3.00. The Morgan fingerprint density at radius 2 is 1.82 bits per heavy atom. The number of nitrogens with zero attached hydrogens (tertiary/aromatic N) is 3. The third-order valence-electron chi connectivity index (χ3n) is 4.06. The quantitative estimate of drug-likeness (QED) is 0.583. The highest BCUT2D eigenvalue weighted by atomic mass is 32.2. The topological polar surface area (TPSA) is 78.3 Å². The lowest BCUT2D eigenvalue weighted by Gasteiger charge is -2.11. The molecule has 146 valence electrons. The molecule has 0 aliphatic rings. The first kappa shape index (κ1) is 19.8. The number of carbonyl (C=O) groups excluding carboxylic acids is 1. The maximum absolute atomic E-state index is 12.4. The van der Waals surface area contributed by atoms with Crippen molar-refractivity contribution >= 4 is 23.4 Å². The summed E-state index contributed by atoms with van der Waals surface area (Å²) in [5.74, 6) is 2.06. The molecule has 8 heteroatoms. The third-order valence-corrected chi connectivity index (χ3v) is 5.03. The minimum atomic E-state index is -0.135. The van der Waals surface area contributed by atoms with Gasteiger partial charge in [0, 0.05) is 23.9 Å². The number of methoxy groups -OCH3 is 2. The molecule has 0 unspecified atom stereocenters. The van der Waals surface area contributed by atoms with Crippen molar-refractivity contribution in [3.8, 4) is 22.9 Å². The molecule has 1 N–H and O–H groups in total. The van der Waals surface area contributed by atoms with Gasteiger partial charge in [0.15, 0.2) is 22.5 Å². The Morgan fingerprint density at radius 1 is 1.07 bits per heavy atom. The summed E-state index contributed by atoms with van der Waals surface area (Å²) in [5.41, 5.74) is 1.64. The van der Waals surface area contributed by atoms with E-state index in [4.69, 9.17) is 9.47 Å². The highest BCUT2D eigenvalue weighted by Crippen LogP contribution is 2.30. The van der Waals surface area contributed by atoms with E-state index in [1.807, 2.05) is 41.8 Å². The maximum atomic E-state index is 12.4. The predicted octanol–water partition coefficient (Wildman–Crippen LogP) is 3.71. The van der Waals surface area contributed by atoms with Crippen molar-refractivity contribution in [2.45, 2.75) is 18.6 Å². The maximum Gasteiger partial charge on any atom is 0.234 e. The number of carbonyl (C=O) groups is 1. The van der Waals surface area contributed by atoms with E-state index in [1.54, 1.807) is 32.4 Å². The van der Waals surface area contributed by atoms with Gasteiger partial charge in [-0.1, -0.05) is 42.1 Å². The van der Waals surface area contributed by atoms with Gasteiger partial charge in [0.2, 0.25) is 5.91 Å². The summed E-state index contributed by atoms with van der Waals surface area (Å²) in [6.45, 7) is 2.75. The zero-order chi connectivity index (χ0) is 19.9. The first-order valence-electron chi connectivity index (χ1n) is 8.79. The average molecular weight is 398 g/mol. The van der Waals surface area contributed by atoms with E-state index in [-0.39, 0.29) is 11.7 Å². The van der Waals surface area contributed by atoms with Crippen molar-refractivity contribution in [2.24, 2.45) is 0 Å². The van der Waals surface area contributed by atoms with Crippen LogP contribution in [-0.4, -0.2) is 40.6 Å². The predicted molar refractivity (Wildman–Crippen MR) is 110 cm³/mol. The van der Waals surface area contributed by atoms with Gasteiger partial charge >= 0.3 is 0 Å². The number of ether oxygens (including phenoxy) is 2. The summed E-state index contributed by atoms with van der Waals surface area (Å²) in [6.07, 6.45) is 0. The van der Waals surface area contributed by atoms with Crippen molar-refractivity contribution in [1.82, 2.24) is 14.8 Å². The van der Waals surface area contributed by atoms with Crippen LogP contribution in [0.15, 0.2) is 53.7 Å². The average Bonchev–Trinajstić information content (AvgIpc) is 3.15. The lowest BCUT2D eigenvalue weighted by molar-refractivity contribution is -0.113. The number of hydrogen-bond acceptors (Lipinski definition) is 6. The Balaban J connectivity index is 1.66. The van der Waals surface area contributed by atoms with Crippen LogP contribution in [0.4, 0.5) is 5.69 Å². The monoisotopic (exact) mass is 398 g/mol. The lowest BCUT2D eigenvalue weighted by atomic mass is 10.2. The van der Waals surface area contributed by atoms with Gasteiger partial charge in [0.1, 0.15) is 0 Å². The first-order chi connectivity index (χ1) is 13.7. The zero-order valence-corrected chi connectivity index (χ0v) is 16.8. The molecule has 0 radical (unpaired) electrons. The third kappa shape index (κ3) is 4.45. The van der Waals surface area contributed by atoms with Crippen LogP contribution in [0.5, 0.6) is 11.5 Å². The zero-order valence-electron chi connectivity index (χ0n) is 16.0. The van der Waals surface area contributed by atoms with Gasteiger partial charge in [-0.25, -0.2) is 0 Å². The molecule has 3 aromatic rings. The molecule has 1 aromatic heterocycles. The Bertz CT molecular complexity index is 944. The standard InChI is InChI=1S/C20H22N4O3S/c1-4-24-19(14-8-6-5-7-9-14)22-23-20(24)28-13-18(25)21-15-10-11-16(26-2)17(12-15)27-3/h5-12H,4,13H2,1-3H3,(H,21,25). The molecular weight excluding hydrogens is 376 g/mol. The Kier molecular flexibility index (Phi) is 6.54. The Labute approximate surface area is 168 Å². The van der Waals surface area contributed by atoms with Gasteiger partial charge in [-0.3, -0.25) is 4.79 Å². The first-order valence-corrected chi connectivity index (χ1v) is 9.78. The Morgan fingerprint density at radius 3 is 2.50 bits per heavy atom. The van der Waals surface area contributed by atoms with Gasteiger partial charge < -0.3 is 19.4 Å². The SMILES string of the molecule is CCn1c(SCC(=O)Nc2ccc(OC)c(OC)c2)nnc1-c1ccccc1. The number of nitrogens with one attached hydrogen (secondary N) is 1. The smallest absolute Gasteiger partial charge is 0.234 e. The summed E-state index contributed by atoms with van der Waals surface area (Å²) in [4.78, 5) is 12.4. The number of aromatic nitrogens is 3. The second kappa shape index (κ2) is 9.27. The normalized spacial score (nSPS) is 10.5. The molecule has 0 spiro atoms. The lowest BCUT2D eigenvalue weighted by Crippen LogP contribution is -2.14. The van der Waals surface area contributed by atoms with E-state index in [2.05, 4.69) is 15.5 Å². The summed E-state index contributed by atoms with van der Waals surface area (Å²) < 4.78 is 12.5. The fraction of sp³-hybridized carbons (Fsp3) is 0.250. The second-order valence-electron chi connectivity index (χ2n) is 5.82. The molecule has 0 saturated carbocycles. The van der Waals surface area contributed by atoms with Gasteiger partial charge in [-0.05, 0) is 19.1 Å². The van der Waals surface area contributed by atoms with E-state index < -0.39 is 0 Å². The molecule has 0 aliphatic carbocycles. The molecule has 0 saturated heterocycles. The molecule has 1 amide bonds. The van der Waals surface area contributed by atoms with E-state index >= 15 is 0 Å². The summed E-state index contributed by atoms with van der Waals surface area (Å²) in [5, 5.41) is 12.1. The summed E-state index contributed by atoms with van der Waals surface area (Å²) >= 11 is 1.35. The summed E-state index contributed by atoms with van der Waals surface area (Å²) in [6, 6.07) is 15.1. The van der Waals surface area contributed by atoms with Crippen LogP contribution in [0, 0.1) is 0 Å². The van der Waals surface area contributed by atoms with Crippen LogP contribution < -0.4 is 14.8 Å².